The molecule has 150 valence electrons. The lowest BCUT2D eigenvalue weighted by Crippen LogP contribution is -2.34. The summed E-state index contributed by atoms with van der Waals surface area (Å²) >= 11 is 0. The van der Waals surface area contributed by atoms with Gasteiger partial charge in [0.15, 0.2) is 17.3 Å². The lowest BCUT2D eigenvalue weighted by molar-refractivity contribution is -0.0253. The lowest BCUT2D eigenvalue weighted by Gasteiger charge is -2.34. The molecule has 0 spiro atoms. The monoisotopic (exact) mass is 373 g/mol. The number of anilines is 1. The zero-order chi connectivity index (χ0) is 19.6. The SMILES string of the molecule is CCC(CC)Nc1nc([C@]2(O)CCC[C@@H](C)C2)nc2c1ncn2CC(C)C. The van der Waals surface area contributed by atoms with Crippen LogP contribution in [0.15, 0.2) is 6.33 Å². The van der Waals surface area contributed by atoms with Gasteiger partial charge in [-0.2, -0.15) is 0 Å². The third-order valence-electron chi connectivity index (χ3n) is 5.74. The molecule has 0 aliphatic heterocycles. The Morgan fingerprint density at radius 3 is 2.67 bits per heavy atom. The highest BCUT2D eigenvalue weighted by atomic mass is 16.3. The number of nitrogens with zero attached hydrogens (tertiary/aromatic N) is 4. The number of hydrogen-bond donors (Lipinski definition) is 2. The number of hydrogen-bond acceptors (Lipinski definition) is 5. The first kappa shape index (κ1) is 20.1. The topological polar surface area (TPSA) is 75.9 Å². The second-order valence-electron chi connectivity index (χ2n) is 8.75. The summed E-state index contributed by atoms with van der Waals surface area (Å²) < 4.78 is 2.10. The third-order valence-corrected chi connectivity index (χ3v) is 5.74. The Hall–Kier alpha value is -1.69. The van der Waals surface area contributed by atoms with E-state index >= 15 is 0 Å². The number of nitrogens with one attached hydrogen (secondary N) is 1. The second-order valence-corrected chi connectivity index (χ2v) is 8.75. The maximum Gasteiger partial charge on any atom is 0.165 e. The van der Waals surface area contributed by atoms with Crippen LogP contribution in [-0.4, -0.2) is 30.7 Å². The summed E-state index contributed by atoms with van der Waals surface area (Å²) in [7, 11) is 0. The van der Waals surface area contributed by atoms with Gasteiger partial charge in [0.05, 0.1) is 6.33 Å². The molecule has 2 aromatic rings. The minimum atomic E-state index is -0.941. The lowest BCUT2D eigenvalue weighted by atomic mass is 9.78. The van der Waals surface area contributed by atoms with E-state index in [1.807, 2.05) is 6.33 Å². The summed E-state index contributed by atoms with van der Waals surface area (Å²) in [5.41, 5.74) is 0.691. The van der Waals surface area contributed by atoms with E-state index in [-0.39, 0.29) is 0 Å². The Morgan fingerprint density at radius 2 is 2.04 bits per heavy atom. The molecule has 0 aromatic carbocycles. The van der Waals surface area contributed by atoms with Gasteiger partial charge in [-0.3, -0.25) is 0 Å². The summed E-state index contributed by atoms with van der Waals surface area (Å²) in [5.74, 6) is 2.30. The largest absolute Gasteiger partial charge is 0.382 e. The van der Waals surface area contributed by atoms with Gasteiger partial charge in [0.25, 0.3) is 0 Å². The molecule has 1 aliphatic rings. The zero-order valence-corrected chi connectivity index (χ0v) is 17.5. The van der Waals surface area contributed by atoms with Crippen molar-refractivity contribution >= 4 is 17.0 Å². The highest BCUT2D eigenvalue weighted by molar-refractivity contribution is 5.83. The van der Waals surface area contributed by atoms with Crippen LogP contribution in [-0.2, 0) is 12.1 Å². The predicted octanol–water partition coefficient (Wildman–Crippen LogP) is 4.48. The fourth-order valence-corrected chi connectivity index (χ4v) is 4.19. The quantitative estimate of drug-likeness (QED) is 0.748. The number of aromatic nitrogens is 4. The molecule has 0 unspecified atom stereocenters. The molecule has 0 amide bonds. The number of aliphatic hydroxyl groups is 1. The average molecular weight is 374 g/mol. The molecule has 2 atom stereocenters. The van der Waals surface area contributed by atoms with Crippen molar-refractivity contribution in [2.75, 3.05) is 5.32 Å². The van der Waals surface area contributed by atoms with Crippen molar-refractivity contribution in [2.24, 2.45) is 11.8 Å². The van der Waals surface area contributed by atoms with Crippen molar-refractivity contribution in [1.29, 1.82) is 0 Å². The minimum absolute atomic E-state index is 0.339. The van der Waals surface area contributed by atoms with E-state index in [1.165, 1.54) is 0 Å². The van der Waals surface area contributed by atoms with Crippen molar-refractivity contribution in [3.8, 4) is 0 Å². The molecule has 2 aromatic heterocycles. The molecule has 0 bridgehead atoms. The Morgan fingerprint density at radius 1 is 1.30 bits per heavy atom. The fraction of sp³-hybridized carbons (Fsp3) is 0.762. The molecule has 1 saturated carbocycles. The van der Waals surface area contributed by atoms with Crippen LogP contribution in [0.2, 0.25) is 0 Å². The highest BCUT2D eigenvalue weighted by Crippen LogP contribution is 2.39. The van der Waals surface area contributed by atoms with Gasteiger partial charge in [-0.05, 0) is 43.9 Å². The molecular formula is C21H35N5O. The van der Waals surface area contributed by atoms with Gasteiger partial charge in [0, 0.05) is 12.6 Å². The third kappa shape index (κ3) is 4.26. The van der Waals surface area contributed by atoms with Crippen LogP contribution in [0.5, 0.6) is 0 Å². The van der Waals surface area contributed by atoms with E-state index in [0.29, 0.717) is 23.7 Å². The van der Waals surface area contributed by atoms with Crippen molar-refractivity contribution < 1.29 is 5.11 Å². The summed E-state index contributed by atoms with van der Waals surface area (Å²) in [6, 6.07) is 0.339. The first-order chi connectivity index (χ1) is 12.9. The predicted molar refractivity (Wildman–Crippen MR) is 110 cm³/mol. The zero-order valence-electron chi connectivity index (χ0n) is 17.5. The van der Waals surface area contributed by atoms with Crippen LogP contribution in [0.3, 0.4) is 0 Å². The van der Waals surface area contributed by atoms with E-state index < -0.39 is 5.60 Å². The molecule has 1 fully saturated rings. The van der Waals surface area contributed by atoms with Crippen LogP contribution >= 0.6 is 0 Å². The van der Waals surface area contributed by atoms with Crippen LogP contribution < -0.4 is 5.32 Å². The smallest absolute Gasteiger partial charge is 0.165 e. The summed E-state index contributed by atoms with van der Waals surface area (Å²) in [6.07, 6.45) is 7.52. The van der Waals surface area contributed by atoms with E-state index in [9.17, 15) is 5.11 Å². The molecule has 2 N–H and O–H groups in total. The number of imidazole rings is 1. The minimum Gasteiger partial charge on any atom is -0.382 e. The van der Waals surface area contributed by atoms with Crippen LogP contribution in [0.1, 0.15) is 79.0 Å². The second kappa shape index (κ2) is 8.13. The van der Waals surface area contributed by atoms with Gasteiger partial charge in [0.1, 0.15) is 11.1 Å². The number of fused-ring (bicyclic) bond motifs is 1. The number of rotatable bonds is 7. The van der Waals surface area contributed by atoms with Crippen molar-refractivity contribution in [1.82, 2.24) is 19.5 Å². The van der Waals surface area contributed by atoms with Gasteiger partial charge in [-0.15, -0.1) is 0 Å². The van der Waals surface area contributed by atoms with Gasteiger partial charge in [0.2, 0.25) is 0 Å². The first-order valence-corrected chi connectivity index (χ1v) is 10.6. The molecule has 0 radical (unpaired) electrons. The van der Waals surface area contributed by atoms with E-state index in [2.05, 4.69) is 49.5 Å². The van der Waals surface area contributed by atoms with Gasteiger partial charge < -0.3 is 15.0 Å². The van der Waals surface area contributed by atoms with E-state index in [0.717, 1.165) is 62.1 Å². The molecule has 6 nitrogen and oxygen atoms in total. The Labute approximate surface area is 162 Å². The summed E-state index contributed by atoms with van der Waals surface area (Å²) in [5, 5.41) is 14.9. The maximum atomic E-state index is 11.4. The molecule has 0 saturated heterocycles. The molecule has 3 rings (SSSR count). The van der Waals surface area contributed by atoms with Gasteiger partial charge in [-0.25, -0.2) is 15.0 Å². The summed E-state index contributed by atoms with van der Waals surface area (Å²) in [6.45, 7) is 11.8. The first-order valence-electron chi connectivity index (χ1n) is 10.6. The molecular weight excluding hydrogens is 338 g/mol. The molecule has 6 heteroatoms. The van der Waals surface area contributed by atoms with E-state index in [4.69, 9.17) is 9.97 Å². The van der Waals surface area contributed by atoms with Crippen LogP contribution in [0, 0.1) is 11.8 Å². The normalized spacial score (nSPS) is 23.5. The fourth-order valence-electron chi connectivity index (χ4n) is 4.19. The van der Waals surface area contributed by atoms with E-state index in [1.54, 1.807) is 0 Å². The Kier molecular flexibility index (Phi) is 6.04. The van der Waals surface area contributed by atoms with Crippen molar-refractivity contribution in [3.63, 3.8) is 0 Å². The van der Waals surface area contributed by atoms with Gasteiger partial charge >= 0.3 is 0 Å². The van der Waals surface area contributed by atoms with Crippen LogP contribution in [0.25, 0.3) is 11.2 Å². The summed E-state index contributed by atoms with van der Waals surface area (Å²) in [4.78, 5) is 14.3. The van der Waals surface area contributed by atoms with Crippen molar-refractivity contribution in [3.05, 3.63) is 12.2 Å². The Balaban J connectivity index is 2.10. The van der Waals surface area contributed by atoms with Gasteiger partial charge in [-0.1, -0.05) is 41.0 Å². The Bertz CT molecular complexity index is 767. The highest BCUT2D eigenvalue weighted by Gasteiger charge is 2.38. The standard InChI is InChI=1S/C21H35N5O/c1-6-16(7-2)23-18-17-19(26(13-22-17)12-14(3)4)25-20(24-18)21(27)10-8-9-15(5)11-21/h13-16,27H,6-12H2,1-5H3,(H,23,24,25)/t15-,21+/m1/s1. The molecule has 2 heterocycles. The molecule has 1 aliphatic carbocycles. The maximum absolute atomic E-state index is 11.4. The molecule has 27 heavy (non-hydrogen) atoms. The van der Waals surface area contributed by atoms with Crippen LogP contribution in [0.4, 0.5) is 5.82 Å². The van der Waals surface area contributed by atoms with Crippen molar-refractivity contribution in [2.45, 2.75) is 91.3 Å². The average Bonchev–Trinajstić information content (AvgIpc) is 3.01.